The molecule has 0 radical (unpaired) electrons. The molecular formula is C16H27N3O2. The summed E-state index contributed by atoms with van der Waals surface area (Å²) in [4.78, 5) is 16.2. The predicted molar refractivity (Wildman–Crippen MR) is 85.6 cm³/mol. The average molecular weight is 293 g/mol. The zero-order valence-electron chi connectivity index (χ0n) is 13.3. The summed E-state index contributed by atoms with van der Waals surface area (Å²) in [5, 5.41) is 6.08. The Bertz CT molecular complexity index is 422. The zero-order valence-corrected chi connectivity index (χ0v) is 13.3. The summed E-state index contributed by atoms with van der Waals surface area (Å²) < 4.78 is 5.48. The molecule has 2 N–H and O–H groups in total. The Hall–Kier alpha value is -1.62. The van der Waals surface area contributed by atoms with E-state index in [4.69, 9.17) is 4.74 Å². The molecule has 0 bridgehead atoms. The van der Waals surface area contributed by atoms with Crippen LogP contribution in [0.2, 0.25) is 0 Å². The highest BCUT2D eigenvalue weighted by atomic mass is 16.5. The van der Waals surface area contributed by atoms with Crippen LogP contribution in [-0.4, -0.2) is 37.2 Å². The molecule has 0 unspecified atom stereocenters. The molecule has 0 aliphatic rings. The minimum atomic E-state index is -0.0940. The topological polar surface area (TPSA) is 63.2 Å². The van der Waals surface area contributed by atoms with E-state index in [1.165, 1.54) is 0 Å². The van der Waals surface area contributed by atoms with Crippen LogP contribution in [-0.2, 0) is 4.74 Å². The van der Waals surface area contributed by atoms with E-state index in [1.54, 1.807) is 18.5 Å². The van der Waals surface area contributed by atoms with Crippen molar-refractivity contribution in [3.63, 3.8) is 0 Å². The highest BCUT2D eigenvalue weighted by molar-refractivity contribution is 5.99. The molecule has 0 aliphatic heterocycles. The fourth-order valence-corrected chi connectivity index (χ4v) is 1.75. The van der Waals surface area contributed by atoms with Gasteiger partial charge in [-0.1, -0.05) is 20.8 Å². The van der Waals surface area contributed by atoms with Crippen molar-refractivity contribution >= 4 is 11.6 Å². The fraction of sp³-hybridized carbons (Fsp3) is 0.625. The van der Waals surface area contributed by atoms with Gasteiger partial charge in [0, 0.05) is 25.9 Å². The van der Waals surface area contributed by atoms with E-state index in [1.807, 2.05) is 0 Å². The average Bonchev–Trinajstić information content (AvgIpc) is 2.48. The number of hydrogen-bond acceptors (Lipinski definition) is 4. The molecule has 1 amide bonds. The first-order valence-electron chi connectivity index (χ1n) is 7.69. The van der Waals surface area contributed by atoms with Crippen molar-refractivity contribution in [2.75, 3.05) is 31.6 Å². The van der Waals surface area contributed by atoms with E-state index in [0.717, 1.165) is 31.7 Å². The van der Waals surface area contributed by atoms with Crippen molar-refractivity contribution in [2.45, 2.75) is 33.6 Å². The van der Waals surface area contributed by atoms with Gasteiger partial charge < -0.3 is 15.4 Å². The van der Waals surface area contributed by atoms with Crippen molar-refractivity contribution < 1.29 is 9.53 Å². The normalized spacial score (nSPS) is 10.7. The van der Waals surface area contributed by atoms with Gasteiger partial charge in [0.25, 0.3) is 5.91 Å². The first kappa shape index (κ1) is 17.4. The number of ether oxygens (including phenoxy) is 1. The van der Waals surface area contributed by atoms with Crippen LogP contribution in [0.1, 0.15) is 44.0 Å². The lowest BCUT2D eigenvalue weighted by atomic mass is 10.1. The molecule has 5 heteroatoms. The van der Waals surface area contributed by atoms with Crippen LogP contribution in [0.4, 0.5) is 5.69 Å². The summed E-state index contributed by atoms with van der Waals surface area (Å²) in [5.41, 5.74) is 1.40. The third-order valence-electron chi connectivity index (χ3n) is 3.00. The Morgan fingerprint density at radius 1 is 1.33 bits per heavy atom. The fourth-order valence-electron chi connectivity index (χ4n) is 1.75. The summed E-state index contributed by atoms with van der Waals surface area (Å²) in [6, 6.07) is 1.73. The summed E-state index contributed by atoms with van der Waals surface area (Å²) in [5.74, 6) is 0.548. The van der Waals surface area contributed by atoms with Crippen LogP contribution in [0.25, 0.3) is 0 Å². The van der Waals surface area contributed by atoms with E-state index in [0.29, 0.717) is 24.6 Å². The number of anilines is 1. The van der Waals surface area contributed by atoms with Gasteiger partial charge >= 0.3 is 0 Å². The number of carbonyl (C=O) groups is 1. The van der Waals surface area contributed by atoms with Gasteiger partial charge in [-0.05, 0) is 24.8 Å². The maximum Gasteiger partial charge on any atom is 0.253 e. The third-order valence-corrected chi connectivity index (χ3v) is 3.00. The van der Waals surface area contributed by atoms with E-state index in [-0.39, 0.29) is 5.91 Å². The van der Waals surface area contributed by atoms with Gasteiger partial charge in [-0.3, -0.25) is 9.78 Å². The van der Waals surface area contributed by atoms with E-state index < -0.39 is 0 Å². The minimum absolute atomic E-state index is 0.0940. The SMILES string of the molecule is CCCNc1cnccc1C(=O)NCCOCCC(C)C. The smallest absolute Gasteiger partial charge is 0.253 e. The number of carbonyl (C=O) groups excluding carboxylic acids is 1. The molecule has 5 nitrogen and oxygen atoms in total. The summed E-state index contributed by atoms with van der Waals surface area (Å²) in [7, 11) is 0. The van der Waals surface area contributed by atoms with Crippen molar-refractivity contribution in [3.8, 4) is 0 Å². The lowest BCUT2D eigenvalue weighted by Crippen LogP contribution is -2.28. The molecule has 0 spiro atoms. The summed E-state index contributed by atoms with van der Waals surface area (Å²) >= 11 is 0. The zero-order chi connectivity index (χ0) is 15.5. The molecule has 0 saturated carbocycles. The van der Waals surface area contributed by atoms with E-state index in [9.17, 15) is 4.79 Å². The third kappa shape index (κ3) is 7.09. The Labute approximate surface area is 127 Å². The second kappa shape index (κ2) is 10.2. The quantitative estimate of drug-likeness (QED) is 0.651. The summed E-state index contributed by atoms with van der Waals surface area (Å²) in [6.07, 6.45) is 5.36. The second-order valence-corrected chi connectivity index (χ2v) is 5.40. The van der Waals surface area contributed by atoms with Crippen molar-refractivity contribution in [1.82, 2.24) is 10.3 Å². The number of nitrogens with one attached hydrogen (secondary N) is 2. The number of pyridine rings is 1. The van der Waals surface area contributed by atoms with Gasteiger partial charge in [-0.2, -0.15) is 0 Å². The Morgan fingerprint density at radius 2 is 2.14 bits per heavy atom. The standard InChI is InChI=1S/C16H27N3O2/c1-4-7-18-15-12-17-8-5-14(15)16(20)19-9-11-21-10-6-13(2)3/h5,8,12-13,18H,4,6-7,9-11H2,1-3H3,(H,19,20). The maximum atomic E-state index is 12.1. The lowest BCUT2D eigenvalue weighted by Gasteiger charge is -2.11. The number of hydrogen-bond donors (Lipinski definition) is 2. The van der Waals surface area contributed by atoms with Crippen LogP contribution in [0, 0.1) is 5.92 Å². The van der Waals surface area contributed by atoms with Gasteiger partial charge in [-0.25, -0.2) is 0 Å². The van der Waals surface area contributed by atoms with Crippen LogP contribution in [0.15, 0.2) is 18.5 Å². The van der Waals surface area contributed by atoms with Crippen LogP contribution in [0.3, 0.4) is 0 Å². The van der Waals surface area contributed by atoms with Gasteiger partial charge in [0.1, 0.15) is 0 Å². The van der Waals surface area contributed by atoms with Gasteiger partial charge in [0.15, 0.2) is 0 Å². The van der Waals surface area contributed by atoms with Gasteiger partial charge in [0.05, 0.1) is 24.1 Å². The van der Waals surface area contributed by atoms with Gasteiger partial charge in [-0.15, -0.1) is 0 Å². The van der Waals surface area contributed by atoms with Crippen molar-refractivity contribution in [1.29, 1.82) is 0 Å². The monoisotopic (exact) mass is 293 g/mol. The number of rotatable bonds is 10. The molecule has 1 heterocycles. The number of nitrogens with zero attached hydrogens (tertiary/aromatic N) is 1. The van der Waals surface area contributed by atoms with Gasteiger partial charge in [0.2, 0.25) is 0 Å². The summed E-state index contributed by atoms with van der Waals surface area (Å²) in [6.45, 7) is 9.04. The molecule has 1 aromatic heterocycles. The number of amides is 1. The largest absolute Gasteiger partial charge is 0.383 e. The molecule has 118 valence electrons. The van der Waals surface area contributed by atoms with Crippen molar-refractivity contribution in [3.05, 3.63) is 24.0 Å². The molecule has 0 aromatic carbocycles. The second-order valence-electron chi connectivity index (χ2n) is 5.40. The molecule has 1 rings (SSSR count). The molecule has 0 saturated heterocycles. The Kier molecular flexibility index (Phi) is 8.43. The molecular weight excluding hydrogens is 266 g/mol. The first-order chi connectivity index (χ1) is 10.1. The highest BCUT2D eigenvalue weighted by Crippen LogP contribution is 2.13. The Morgan fingerprint density at radius 3 is 2.86 bits per heavy atom. The van der Waals surface area contributed by atoms with E-state index in [2.05, 4.69) is 36.4 Å². The molecule has 0 fully saturated rings. The predicted octanol–water partition coefficient (Wildman–Crippen LogP) is 2.70. The highest BCUT2D eigenvalue weighted by Gasteiger charge is 2.10. The Balaban J connectivity index is 2.34. The molecule has 0 aliphatic carbocycles. The maximum absolute atomic E-state index is 12.1. The van der Waals surface area contributed by atoms with Crippen LogP contribution in [0.5, 0.6) is 0 Å². The van der Waals surface area contributed by atoms with E-state index >= 15 is 0 Å². The minimum Gasteiger partial charge on any atom is -0.383 e. The van der Waals surface area contributed by atoms with Crippen LogP contribution >= 0.6 is 0 Å². The molecule has 1 aromatic rings. The lowest BCUT2D eigenvalue weighted by molar-refractivity contribution is 0.0906. The molecule has 0 atom stereocenters. The number of aromatic nitrogens is 1. The van der Waals surface area contributed by atoms with Crippen molar-refractivity contribution in [2.24, 2.45) is 5.92 Å². The van der Waals surface area contributed by atoms with Crippen LogP contribution < -0.4 is 10.6 Å². The first-order valence-corrected chi connectivity index (χ1v) is 7.69. The molecule has 21 heavy (non-hydrogen) atoms.